The summed E-state index contributed by atoms with van der Waals surface area (Å²) in [7, 11) is 1.60. The molecule has 7 nitrogen and oxygen atoms in total. The van der Waals surface area contributed by atoms with Crippen LogP contribution in [0.4, 0.5) is 0 Å². The molecule has 0 aliphatic carbocycles. The number of aromatic nitrogens is 4. The Morgan fingerprint density at radius 1 is 1.24 bits per heavy atom. The Labute approximate surface area is 153 Å². The highest BCUT2D eigenvalue weighted by atomic mass is 79.9. The zero-order valence-corrected chi connectivity index (χ0v) is 15.7. The van der Waals surface area contributed by atoms with Crippen LogP contribution in [0.1, 0.15) is 22.8 Å². The molecule has 8 heteroatoms. The summed E-state index contributed by atoms with van der Waals surface area (Å²) in [5, 5.41) is 4.30. The molecule has 0 amide bonds. The standard InChI is InChI=1S/C17H17BrN4O3/c1-10-6-11(2)22-17(19-10)20-15(21-22)8-16(23)25-9-12-4-5-14(24-3)13(18)7-12/h4-7H,8-9H2,1-3H3. The Balaban J connectivity index is 1.65. The van der Waals surface area contributed by atoms with E-state index in [0.29, 0.717) is 11.6 Å². The molecule has 3 aromatic rings. The summed E-state index contributed by atoms with van der Waals surface area (Å²) in [4.78, 5) is 20.6. The van der Waals surface area contributed by atoms with Gasteiger partial charge in [-0.25, -0.2) is 9.50 Å². The third-order valence-electron chi connectivity index (χ3n) is 3.58. The lowest BCUT2D eigenvalue weighted by Crippen LogP contribution is -2.09. The fourth-order valence-corrected chi connectivity index (χ4v) is 3.01. The van der Waals surface area contributed by atoms with Crippen molar-refractivity contribution in [1.82, 2.24) is 19.6 Å². The van der Waals surface area contributed by atoms with Crippen molar-refractivity contribution in [3.05, 3.63) is 51.5 Å². The molecule has 0 aliphatic heterocycles. The molecule has 0 N–H and O–H groups in total. The van der Waals surface area contributed by atoms with Crippen LogP contribution >= 0.6 is 15.9 Å². The second kappa shape index (κ2) is 7.18. The number of esters is 1. The van der Waals surface area contributed by atoms with Gasteiger partial charge in [0.25, 0.3) is 5.78 Å². The molecule has 0 atom stereocenters. The van der Waals surface area contributed by atoms with Gasteiger partial charge < -0.3 is 9.47 Å². The molecule has 2 heterocycles. The highest BCUT2D eigenvalue weighted by Crippen LogP contribution is 2.25. The van der Waals surface area contributed by atoms with Crippen LogP contribution in [0, 0.1) is 13.8 Å². The second-order valence-corrected chi connectivity index (χ2v) is 6.44. The van der Waals surface area contributed by atoms with Crippen molar-refractivity contribution in [2.45, 2.75) is 26.9 Å². The van der Waals surface area contributed by atoms with Crippen LogP contribution in [0.15, 0.2) is 28.7 Å². The van der Waals surface area contributed by atoms with E-state index < -0.39 is 5.97 Å². The van der Waals surface area contributed by atoms with Crippen molar-refractivity contribution in [3.63, 3.8) is 0 Å². The number of nitrogens with zero attached hydrogens (tertiary/aromatic N) is 4. The number of methoxy groups -OCH3 is 1. The number of halogens is 1. The van der Waals surface area contributed by atoms with Gasteiger partial charge >= 0.3 is 5.97 Å². The first kappa shape index (κ1) is 17.3. The van der Waals surface area contributed by atoms with Crippen molar-refractivity contribution in [3.8, 4) is 5.75 Å². The van der Waals surface area contributed by atoms with E-state index in [1.807, 2.05) is 38.1 Å². The summed E-state index contributed by atoms with van der Waals surface area (Å²) in [5.41, 5.74) is 2.63. The molecule has 0 bridgehead atoms. The smallest absolute Gasteiger partial charge is 0.313 e. The van der Waals surface area contributed by atoms with E-state index >= 15 is 0 Å². The molecule has 130 valence electrons. The zero-order chi connectivity index (χ0) is 18.0. The summed E-state index contributed by atoms with van der Waals surface area (Å²) in [5.74, 6) is 1.21. The van der Waals surface area contributed by atoms with E-state index in [0.717, 1.165) is 27.2 Å². The van der Waals surface area contributed by atoms with Gasteiger partial charge in [0.1, 0.15) is 18.8 Å². The normalized spacial score (nSPS) is 10.9. The molecule has 2 aromatic heterocycles. The predicted molar refractivity (Wildman–Crippen MR) is 94.5 cm³/mol. The molecular weight excluding hydrogens is 388 g/mol. The van der Waals surface area contributed by atoms with E-state index in [-0.39, 0.29) is 13.0 Å². The molecule has 0 aliphatic rings. The number of fused-ring (bicyclic) bond motifs is 1. The van der Waals surface area contributed by atoms with Crippen LogP contribution < -0.4 is 4.74 Å². The van der Waals surface area contributed by atoms with Gasteiger partial charge in [0.15, 0.2) is 5.82 Å². The molecule has 0 saturated heterocycles. The molecule has 0 spiro atoms. The fourth-order valence-electron chi connectivity index (χ4n) is 2.43. The summed E-state index contributed by atoms with van der Waals surface area (Å²) < 4.78 is 12.9. The fraction of sp³-hybridized carbons (Fsp3) is 0.294. The van der Waals surface area contributed by atoms with Crippen LogP contribution in [0.3, 0.4) is 0 Å². The molecular formula is C17H17BrN4O3. The Hall–Kier alpha value is -2.48. The number of hydrogen-bond acceptors (Lipinski definition) is 6. The van der Waals surface area contributed by atoms with Gasteiger partial charge in [0, 0.05) is 11.4 Å². The average molecular weight is 405 g/mol. The van der Waals surface area contributed by atoms with Crippen LogP contribution in [-0.4, -0.2) is 32.7 Å². The molecule has 25 heavy (non-hydrogen) atoms. The summed E-state index contributed by atoms with van der Waals surface area (Å²) in [6, 6.07) is 7.42. The van der Waals surface area contributed by atoms with Gasteiger partial charge in [-0.15, -0.1) is 5.10 Å². The van der Waals surface area contributed by atoms with E-state index in [9.17, 15) is 4.79 Å². The Morgan fingerprint density at radius 3 is 2.76 bits per heavy atom. The molecule has 3 rings (SSSR count). The first-order valence-electron chi connectivity index (χ1n) is 7.64. The summed E-state index contributed by atoms with van der Waals surface area (Å²) in [6.07, 6.45) is -0.000821. The number of aryl methyl sites for hydroxylation is 2. The van der Waals surface area contributed by atoms with E-state index in [2.05, 4.69) is 31.0 Å². The van der Waals surface area contributed by atoms with Crippen molar-refractivity contribution in [1.29, 1.82) is 0 Å². The minimum atomic E-state index is -0.391. The molecule has 0 saturated carbocycles. The second-order valence-electron chi connectivity index (χ2n) is 5.59. The van der Waals surface area contributed by atoms with Crippen LogP contribution in [0.5, 0.6) is 5.75 Å². The van der Waals surface area contributed by atoms with Crippen LogP contribution in [-0.2, 0) is 22.6 Å². The molecule has 0 fully saturated rings. The lowest BCUT2D eigenvalue weighted by atomic mass is 10.2. The van der Waals surface area contributed by atoms with Gasteiger partial charge in [0.2, 0.25) is 0 Å². The van der Waals surface area contributed by atoms with Crippen molar-refractivity contribution >= 4 is 27.7 Å². The topological polar surface area (TPSA) is 78.6 Å². The zero-order valence-electron chi connectivity index (χ0n) is 14.1. The van der Waals surface area contributed by atoms with Gasteiger partial charge in [-0.1, -0.05) is 6.07 Å². The van der Waals surface area contributed by atoms with E-state index in [1.54, 1.807) is 11.6 Å². The number of ether oxygens (including phenoxy) is 2. The lowest BCUT2D eigenvalue weighted by Gasteiger charge is -2.07. The first-order chi connectivity index (χ1) is 12.0. The van der Waals surface area contributed by atoms with Crippen molar-refractivity contribution in [2.24, 2.45) is 0 Å². The Morgan fingerprint density at radius 2 is 2.04 bits per heavy atom. The third kappa shape index (κ3) is 3.96. The maximum Gasteiger partial charge on any atom is 0.313 e. The van der Waals surface area contributed by atoms with Gasteiger partial charge in [-0.2, -0.15) is 4.98 Å². The minimum absolute atomic E-state index is 0.000821. The number of carbonyl (C=O) groups excluding carboxylic acids is 1. The van der Waals surface area contributed by atoms with Crippen molar-refractivity contribution < 1.29 is 14.3 Å². The largest absolute Gasteiger partial charge is 0.496 e. The Bertz CT molecular complexity index is 939. The maximum atomic E-state index is 12.1. The summed E-state index contributed by atoms with van der Waals surface area (Å²) in [6.45, 7) is 3.98. The number of hydrogen-bond donors (Lipinski definition) is 0. The van der Waals surface area contributed by atoms with E-state index in [1.165, 1.54) is 0 Å². The number of carbonyl (C=O) groups is 1. The van der Waals surface area contributed by atoms with Gasteiger partial charge in [-0.05, 0) is 53.5 Å². The number of benzene rings is 1. The molecule has 0 unspecified atom stereocenters. The predicted octanol–water partition coefficient (Wildman–Crippen LogP) is 2.80. The quantitative estimate of drug-likeness (QED) is 0.608. The lowest BCUT2D eigenvalue weighted by molar-refractivity contribution is -0.144. The molecule has 0 radical (unpaired) electrons. The van der Waals surface area contributed by atoms with Gasteiger partial charge in [0.05, 0.1) is 11.6 Å². The highest BCUT2D eigenvalue weighted by Gasteiger charge is 2.13. The first-order valence-corrected chi connectivity index (χ1v) is 8.43. The average Bonchev–Trinajstić information content (AvgIpc) is 2.95. The minimum Gasteiger partial charge on any atom is -0.496 e. The summed E-state index contributed by atoms with van der Waals surface area (Å²) >= 11 is 3.41. The number of rotatable bonds is 5. The monoisotopic (exact) mass is 404 g/mol. The molecule has 1 aromatic carbocycles. The Kier molecular flexibility index (Phi) is 4.98. The van der Waals surface area contributed by atoms with Crippen molar-refractivity contribution in [2.75, 3.05) is 7.11 Å². The SMILES string of the molecule is COc1ccc(COC(=O)Cc2nc3nc(C)cc(C)n3n2)cc1Br. The van der Waals surface area contributed by atoms with Crippen LogP contribution in [0.25, 0.3) is 5.78 Å². The maximum absolute atomic E-state index is 12.1. The third-order valence-corrected chi connectivity index (χ3v) is 4.20. The van der Waals surface area contributed by atoms with Gasteiger partial charge in [-0.3, -0.25) is 4.79 Å². The van der Waals surface area contributed by atoms with Crippen LogP contribution in [0.2, 0.25) is 0 Å². The van der Waals surface area contributed by atoms with E-state index in [4.69, 9.17) is 9.47 Å². The highest BCUT2D eigenvalue weighted by molar-refractivity contribution is 9.10.